The minimum atomic E-state index is -1.02. The van der Waals surface area contributed by atoms with Crippen LogP contribution in [0.15, 0.2) is 36.4 Å². The average molecular weight is 266 g/mol. The molecule has 0 saturated heterocycles. The van der Waals surface area contributed by atoms with Crippen molar-refractivity contribution < 1.29 is 18.4 Å². The summed E-state index contributed by atoms with van der Waals surface area (Å²) in [6.45, 7) is 0. The predicted molar refractivity (Wildman–Crippen MR) is 63.9 cm³/mol. The van der Waals surface area contributed by atoms with Gasteiger partial charge in [-0.1, -0.05) is 0 Å². The lowest BCUT2D eigenvalue weighted by atomic mass is 10.2. The quantitative estimate of drug-likeness (QED) is 0.525. The molecule has 0 aromatic heterocycles. The lowest BCUT2D eigenvalue weighted by Crippen LogP contribution is -1.94. The number of benzene rings is 2. The Hall–Kier alpha value is -2.70. The fourth-order valence-corrected chi connectivity index (χ4v) is 1.42. The zero-order chi connectivity index (χ0) is 14.0. The maximum absolute atomic E-state index is 13.3. The number of halogens is 2. The van der Waals surface area contributed by atoms with E-state index in [-0.39, 0.29) is 17.2 Å². The third kappa shape index (κ3) is 2.76. The summed E-state index contributed by atoms with van der Waals surface area (Å²) in [5.74, 6) is -1.36. The number of nitro benzene ring substituents is 1. The van der Waals surface area contributed by atoms with Gasteiger partial charge in [0.25, 0.3) is 0 Å². The maximum Gasteiger partial charge on any atom is 0.305 e. The largest absolute Gasteiger partial charge is 0.457 e. The number of rotatable bonds is 3. The Labute approximate surface area is 106 Å². The van der Waals surface area contributed by atoms with Gasteiger partial charge in [0.15, 0.2) is 0 Å². The van der Waals surface area contributed by atoms with Gasteiger partial charge in [-0.05, 0) is 18.2 Å². The Morgan fingerprint density at radius 2 is 1.68 bits per heavy atom. The lowest BCUT2D eigenvalue weighted by Gasteiger charge is -2.06. The van der Waals surface area contributed by atoms with Crippen molar-refractivity contribution in [1.29, 1.82) is 0 Å². The molecule has 0 amide bonds. The minimum Gasteiger partial charge on any atom is -0.457 e. The molecule has 2 aromatic carbocycles. The first kappa shape index (κ1) is 12.7. The van der Waals surface area contributed by atoms with Crippen molar-refractivity contribution >= 4 is 11.4 Å². The molecule has 98 valence electrons. The molecule has 0 fully saturated rings. The molecule has 7 heteroatoms. The molecule has 5 nitrogen and oxygen atoms in total. The number of nitrogens with zero attached hydrogens (tertiary/aromatic N) is 1. The van der Waals surface area contributed by atoms with Gasteiger partial charge >= 0.3 is 5.69 Å². The average Bonchev–Trinajstić information content (AvgIpc) is 2.33. The van der Waals surface area contributed by atoms with Gasteiger partial charge in [-0.3, -0.25) is 10.1 Å². The monoisotopic (exact) mass is 266 g/mol. The number of ether oxygens (including phenoxy) is 1. The first-order valence-corrected chi connectivity index (χ1v) is 5.14. The number of hydrogen-bond acceptors (Lipinski definition) is 4. The number of anilines is 1. The number of nitro groups is 1. The lowest BCUT2D eigenvalue weighted by molar-refractivity contribution is -0.387. The van der Waals surface area contributed by atoms with Crippen LogP contribution in [0.1, 0.15) is 0 Å². The van der Waals surface area contributed by atoms with Crippen molar-refractivity contribution in [1.82, 2.24) is 0 Å². The van der Waals surface area contributed by atoms with Crippen LogP contribution in [-0.2, 0) is 0 Å². The van der Waals surface area contributed by atoms with Crippen LogP contribution in [0, 0.1) is 21.7 Å². The van der Waals surface area contributed by atoms with E-state index in [1.165, 1.54) is 18.2 Å². The topological polar surface area (TPSA) is 78.4 Å². The number of nitrogens with two attached hydrogens (primary N) is 1. The van der Waals surface area contributed by atoms with Crippen molar-refractivity contribution in [3.05, 3.63) is 58.1 Å². The van der Waals surface area contributed by atoms with Gasteiger partial charge in [-0.15, -0.1) is 0 Å². The van der Waals surface area contributed by atoms with Gasteiger partial charge in [0.05, 0.1) is 10.6 Å². The molecule has 0 unspecified atom stereocenters. The summed E-state index contributed by atoms with van der Waals surface area (Å²) in [7, 11) is 0. The second-order valence-corrected chi connectivity index (χ2v) is 3.66. The van der Waals surface area contributed by atoms with E-state index in [0.29, 0.717) is 0 Å². The van der Waals surface area contributed by atoms with Crippen LogP contribution < -0.4 is 10.5 Å². The Morgan fingerprint density at radius 3 is 2.26 bits per heavy atom. The molecular formula is C12H8F2N2O3. The fourth-order valence-electron chi connectivity index (χ4n) is 1.42. The molecule has 0 aliphatic rings. The van der Waals surface area contributed by atoms with Crippen LogP contribution in [0.25, 0.3) is 0 Å². The van der Waals surface area contributed by atoms with Crippen LogP contribution >= 0.6 is 0 Å². The molecule has 0 aliphatic heterocycles. The summed E-state index contributed by atoms with van der Waals surface area (Å²) in [6, 6.07) is 6.74. The highest BCUT2D eigenvalue weighted by Crippen LogP contribution is 2.28. The molecule has 19 heavy (non-hydrogen) atoms. The third-order valence-corrected chi connectivity index (χ3v) is 2.32. The first-order chi connectivity index (χ1) is 8.97. The van der Waals surface area contributed by atoms with Crippen LogP contribution in [0.4, 0.5) is 20.2 Å². The van der Waals surface area contributed by atoms with Crippen LogP contribution in [-0.4, -0.2) is 4.92 Å². The van der Waals surface area contributed by atoms with Gasteiger partial charge in [-0.2, -0.15) is 4.39 Å². The standard InChI is InChI=1S/C12H8F2N2O3/c13-9-3-1-8(6-11(9)15)19-7-2-4-12(16(17)18)10(14)5-7/h1-6H,15H2. The molecular weight excluding hydrogens is 258 g/mol. The number of hydrogen-bond donors (Lipinski definition) is 1. The normalized spacial score (nSPS) is 10.2. The van der Waals surface area contributed by atoms with E-state index in [4.69, 9.17) is 10.5 Å². The highest BCUT2D eigenvalue weighted by molar-refractivity contribution is 5.47. The van der Waals surface area contributed by atoms with E-state index >= 15 is 0 Å². The second kappa shape index (κ2) is 4.89. The van der Waals surface area contributed by atoms with Gasteiger partial charge in [0, 0.05) is 18.2 Å². The molecule has 2 aromatic rings. The molecule has 0 saturated carbocycles. The van der Waals surface area contributed by atoms with Crippen molar-refractivity contribution in [2.75, 3.05) is 5.73 Å². The molecule has 0 spiro atoms. The Bertz CT molecular complexity index is 647. The van der Waals surface area contributed by atoms with E-state index in [2.05, 4.69) is 0 Å². The summed E-state index contributed by atoms with van der Waals surface area (Å²) >= 11 is 0. The van der Waals surface area contributed by atoms with E-state index in [9.17, 15) is 18.9 Å². The highest BCUT2D eigenvalue weighted by atomic mass is 19.1. The smallest absolute Gasteiger partial charge is 0.305 e. The molecule has 0 atom stereocenters. The number of nitrogen functional groups attached to an aromatic ring is 1. The Morgan fingerprint density at radius 1 is 1.05 bits per heavy atom. The van der Waals surface area contributed by atoms with E-state index in [1.807, 2.05) is 0 Å². The second-order valence-electron chi connectivity index (χ2n) is 3.66. The van der Waals surface area contributed by atoms with Crippen LogP contribution in [0.2, 0.25) is 0 Å². The minimum absolute atomic E-state index is 0.0501. The van der Waals surface area contributed by atoms with Gasteiger partial charge in [-0.25, -0.2) is 4.39 Å². The van der Waals surface area contributed by atoms with Gasteiger partial charge < -0.3 is 10.5 Å². The molecule has 0 aliphatic carbocycles. The van der Waals surface area contributed by atoms with Crippen molar-refractivity contribution in [3.8, 4) is 11.5 Å². The molecule has 2 N–H and O–H groups in total. The third-order valence-electron chi connectivity index (χ3n) is 2.32. The van der Waals surface area contributed by atoms with Gasteiger partial charge in [0.2, 0.25) is 5.82 Å². The summed E-state index contributed by atoms with van der Waals surface area (Å²) in [5.41, 5.74) is 4.59. The summed E-state index contributed by atoms with van der Waals surface area (Å²) in [4.78, 5) is 9.60. The molecule has 2 rings (SSSR count). The van der Waals surface area contributed by atoms with Gasteiger partial charge in [0.1, 0.15) is 17.3 Å². The van der Waals surface area contributed by atoms with Crippen LogP contribution in [0.3, 0.4) is 0 Å². The zero-order valence-electron chi connectivity index (χ0n) is 9.47. The zero-order valence-corrected chi connectivity index (χ0v) is 9.47. The van der Waals surface area contributed by atoms with Crippen molar-refractivity contribution in [2.45, 2.75) is 0 Å². The SMILES string of the molecule is Nc1cc(Oc2ccc([N+](=O)[O-])c(F)c2)ccc1F. The van der Waals surface area contributed by atoms with Crippen molar-refractivity contribution in [2.24, 2.45) is 0 Å². The molecule has 0 radical (unpaired) electrons. The van der Waals surface area contributed by atoms with Crippen molar-refractivity contribution in [3.63, 3.8) is 0 Å². The summed E-state index contributed by atoms with van der Waals surface area (Å²) in [5, 5.41) is 10.4. The Balaban J connectivity index is 2.26. The molecule has 0 heterocycles. The fraction of sp³-hybridized carbons (Fsp3) is 0. The maximum atomic E-state index is 13.3. The summed E-state index contributed by atoms with van der Waals surface area (Å²) < 4.78 is 31.5. The van der Waals surface area contributed by atoms with E-state index in [0.717, 1.165) is 18.2 Å². The first-order valence-electron chi connectivity index (χ1n) is 5.14. The highest BCUT2D eigenvalue weighted by Gasteiger charge is 2.14. The molecule has 0 bridgehead atoms. The van der Waals surface area contributed by atoms with E-state index < -0.39 is 22.2 Å². The predicted octanol–water partition coefficient (Wildman–Crippen LogP) is 3.25. The van der Waals surface area contributed by atoms with E-state index in [1.54, 1.807) is 0 Å². The van der Waals surface area contributed by atoms with Crippen LogP contribution in [0.5, 0.6) is 11.5 Å². The summed E-state index contributed by atoms with van der Waals surface area (Å²) in [6.07, 6.45) is 0. The Kier molecular flexibility index (Phi) is 3.28.